The van der Waals surface area contributed by atoms with Gasteiger partial charge in [0.1, 0.15) is 4.99 Å². The SMILES string of the molecule is CN1CCN(C)C(CNc2ccc(C(N)=S)cc2)C1. The number of likely N-dealkylation sites (N-methyl/N-ethyl adjacent to an activating group) is 2. The molecule has 104 valence electrons. The molecule has 1 heterocycles. The lowest BCUT2D eigenvalue weighted by Gasteiger charge is -2.37. The van der Waals surface area contributed by atoms with Crippen molar-refractivity contribution in [2.45, 2.75) is 6.04 Å². The van der Waals surface area contributed by atoms with Gasteiger partial charge in [-0.15, -0.1) is 0 Å². The topological polar surface area (TPSA) is 44.5 Å². The van der Waals surface area contributed by atoms with E-state index in [9.17, 15) is 0 Å². The molecule has 19 heavy (non-hydrogen) atoms. The summed E-state index contributed by atoms with van der Waals surface area (Å²) in [6, 6.07) is 8.53. The minimum absolute atomic E-state index is 0.445. The lowest BCUT2D eigenvalue weighted by molar-refractivity contribution is 0.122. The van der Waals surface area contributed by atoms with E-state index < -0.39 is 0 Å². The van der Waals surface area contributed by atoms with Gasteiger partial charge in [0.15, 0.2) is 0 Å². The van der Waals surface area contributed by atoms with Gasteiger partial charge in [-0.05, 0) is 38.4 Å². The average molecular weight is 278 g/mol. The van der Waals surface area contributed by atoms with Crippen LogP contribution in [0.15, 0.2) is 24.3 Å². The Bertz CT molecular complexity index is 432. The fourth-order valence-corrected chi connectivity index (χ4v) is 2.45. The Morgan fingerprint density at radius 3 is 2.63 bits per heavy atom. The van der Waals surface area contributed by atoms with Crippen molar-refractivity contribution in [2.75, 3.05) is 45.6 Å². The molecule has 1 unspecified atom stereocenters. The van der Waals surface area contributed by atoms with Crippen molar-refractivity contribution in [1.82, 2.24) is 9.80 Å². The Morgan fingerprint density at radius 1 is 1.32 bits per heavy atom. The zero-order valence-electron chi connectivity index (χ0n) is 11.6. The van der Waals surface area contributed by atoms with E-state index >= 15 is 0 Å². The van der Waals surface area contributed by atoms with Crippen molar-refractivity contribution in [3.63, 3.8) is 0 Å². The van der Waals surface area contributed by atoms with Crippen molar-refractivity contribution in [3.8, 4) is 0 Å². The lowest BCUT2D eigenvalue weighted by Crippen LogP contribution is -2.52. The van der Waals surface area contributed by atoms with E-state index in [1.165, 1.54) is 0 Å². The first-order valence-corrected chi connectivity index (χ1v) is 6.99. The number of thiocarbonyl (C=S) groups is 1. The first-order chi connectivity index (χ1) is 9.06. The monoisotopic (exact) mass is 278 g/mol. The van der Waals surface area contributed by atoms with Crippen LogP contribution < -0.4 is 11.1 Å². The molecule has 2 rings (SSSR count). The molecule has 0 bridgehead atoms. The van der Waals surface area contributed by atoms with Gasteiger partial charge in [-0.1, -0.05) is 12.2 Å². The van der Waals surface area contributed by atoms with Crippen LogP contribution in [0, 0.1) is 0 Å². The van der Waals surface area contributed by atoms with Crippen LogP contribution in [-0.4, -0.2) is 61.1 Å². The van der Waals surface area contributed by atoms with Gasteiger partial charge in [0.25, 0.3) is 0 Å². The summed E-state index contributed by atoms with van der Waals surface area (Å²) in [5.74, 6) is 0. The molecule has 5 heteroatoms. The number of hydrogen-bond donors (Lipinski definition) is 2. The molecule has 4 nitrogen and oxygen atoms in total. The Kier molecular flexibility index (Phi) is 4.74. The van der Waals surface area contributed by atoms with Crippen LogP contribution in [0.25, 0.3) is 0 Å². The summed E-state index contributed by atoms with van der Waals surface area (Å²) in [5.41, 5.74) is 7.61. The summed E-state index contributed by atoms with van der Waals surface area (Å²) in [4.78, 5) is 5.23. The van der Waals surface area contributed by atoms with E-state index in [0.717, 1.165) is 37.4 Å². The van der Waals surface area contributed by atoms with Crippen LogP contribution in [0.4, 0.5) is 5.69 Å². The number of piperazine rings is 1. The largest absolute Gasteiger partial charge is 0.389 e. The van der Waals surface area contributed by atoms with Crippen LogP contribution in [0.3, 0.4) is 0 Å². The van der Waals surface area contributed by atoms with E-state index in [0.29, 0.717) is 11.0 Å². The highest BCUT2D eigenvalue weighted by molar-refractivity contribution is 7.80. The Hall–Kier alpha value is -1.17. The van der Waals surface area contributed by atoms with Crippen molar-refractivity contribution in [1.29, 1.82) is 0 Å². The third kappa shape index (κ3) is 3.89. The van der Waals surface area contributed by atoms with Crippen LogP contribution in [0.2, 0.25) is 0 Å². The summed E-state index contributed by atoms with van der Waals surface area (Å²) in [6.07, 6.45) is 0. The number of nitrogens with one attached hydrogen (secondary N) is 1. The number of rotatable bonds is 4. The first-order valence-electron chi connectivity index (χ1n) is 6.59. The third-order valence-corrected chi connectivity index (χ3v) is 3.93. The second-order valence-corrected chi connectivity index (χ2v) is 5.66. The molecule has 0 amide bonds. The second kappa shape index (κ2) is 6.32. The zero-order valence-corrected chi connectivity index (χ0v) is 12.4. The number of hydrogen-bond acceptors (Lipinski definition) is 4. The van der Waals surface area contributed by atoms with Crippen LogP contribution in [0.5, 0.6) is 0 Å². The fraction of sp³-hybridized carbons (Fsp3) is 0.500. The highest BCUT2D eigenvalue weighted by Gasteiger charge is 2.21. The molecule has 0 aromatic heterocycles. The third-order valence-electron chi connectivity index (χ3n) is 3.69. The Balaban J connectivity index is 1.89. The van der Waals surface area contributed by atoms with Crippen molar-refractivity contribution in [2.24, 2.45) is 5.73 Å². The summed E-state index contributed by atoms with van der Waals surface area (Å²) in [5, 5.41) is 3.48. The minimum Gasteiger partial charge on any atom is -0.389 e. The van der Waals surface area contributed by atoms with E-state index in [4.69, 9.17) is 18.0 Å². The molecular weight excluding hydrogens is 256 g/mol. The van der Waals surface area contributed by atoms with Gasteiger partial charge < -0.3 is 16.0 Å². The molecule has 3 N–H and O–H groups in total. The standard InChI is InChI=1S/C14H22N4S/c1-17-7-8-18(2)13(10-17)9-16-12-5-3-11(4-6-12)14(15)19/h3-6,13,16H,7-10H2,1-2H3,(H2,15,19). The van der Waals surface area contributed by atoms with Crippen molar-refractivity contribution in [3.05, 3.63) is 29.8 Å². The molecule has 0 spiro atoms. The smallest absolute Gasteiger partial charge is 0.103 e. The van der Waals surface area contributed by atoms with E-state index in [1.54, 1.807) is 0 Å². The summed E-state index contributed by atoms with van der Waals surface area (Å²) >= 11 is 4.95. The Morgan fingerprint density at radius 2 is 2.00 bits per heavy atom. The number of nitrogens with two attached hydrogens (primary N) is 1. The van der Waals surface area contributed by atoms with Gasteiger partial charge in [-0.3, -0.25) is 4.90 Å². The van der Waals surface area contributed by atoms with E-state index in [1.807, 2.05) is 24.3 Å². The molecular formula is C14H22N4S. The van der Waals surface area contributed by atoms with E-state index in [-0.39, 0.29) is 0 Å². The second-order valence-electron chi connectivity index (χ2n) is 5.22. The molecule has 1 atom stereocenters. The molecule has 1 aliphatic heterocycles. The van der Waals surface area contributed by atoms with Gasteiger partial charge in [0, 0.05) is 43.5 Å². The maximum absolute atomic E-state index is 5.59. The van der Waals surface area contributed by atoms with Gasteiger partial charge in [0.05, 0.1) is 0 Å². The Labute approximate surface area is 120 Å². The van der Waals surface area contributed by atoms with Gasteiger partial charge in [0.2, 0.25) is 0 Å². The van der Waals surface area contributed by atoms with Crippen LogP contribution >= 0.6 is 12.2 Å². The predicted molar refractivity (Wildman–Crippen MR) is 84.7 cm³/mol. The molecule has 1 aromatic rings. The highest BCUT2D eigenvalue weighted by Crippen LogP contribution is 2.11. The maximum Gasteiger partial charge on any atom is 0.103 e. The summed E-state index contributed by atoms with van der Waals surface area (Å²) in [6.45, 7) is 4.33. The van der Waals surface area contributed by atoms with Crippen molar-refractivity contribution < 1.29 is 0 Å². The highest BCUT2D eigenvalue weighted by atomic mass is 32.1. The van der Waals surface area contributed by atoms with Crippen molar-refractivity contribution >= 4 is 22.9 Å². The quantitative estimate of drug-likeness (QED) is 0.804. The van der Waals surface area contributed by atoms with Gasteiger partial charge in [-0.2, -0.15) is 0 Å². The molecule has 1 fully saturated rings. The summed E-state index contributed by atoms with van der Waals surface area (Å²) < 4.78 is 0. The maximum atomic E-state index is 5.59. The van der Waals surface area contributed by atoms with E-state index in [2.05, 4.69) is 29.2 Å². The molecule has 0 radical (unpaired) electrons. The fourth-order valence-electron chi connectivity index (χ4n) is 2.31. The molecule has 0 saturated carbocycles. The minimum atomic E-state index is 0.445. The normalized spacial score (nSPS) is 21.3. The van der Waals surface area contributed by atoms with Crippen LogP contribution in [0.1, 0.15) is 5.56 Å². The van der Waals surface area contributed by atoms with Crippen LogP contribution in [-0.2, 0) is 0 Å². The van der Waals surface area contributed by atoms with Gasteiger partial charge >= 0.3 is 0 Å². The molecule has 1 aromatic carbocycles. The number of anilines is 1. The molecule has 0 aliphatic carbocycles. The average Bonchev–Trinajstić information content (AvgIpc) is 2.40. The predicted octanol–water partition coefficient (Wildman–Crippen LogP) is 0.978. The first kappa shape index (κ1) is 14.2. The zero-order chi connectivity index (χ0) is 13.8. The lowest BCUT2D eigenvalue weighted by atomic mass is 10.1. The molecule has 1 saturated heterocycles. The number of nitrogens with zero attached hydrogens (tertiary/aromatic N) is 2. The summed E-state index contributed by atoms with van der Waals surface area (Å²) in [7, 11) is 4.37. The van der Waals surface area contributed by atoms with Gasteiger partial charge in [-0.25, -0.2) is 0 Å². The molecule has 1 aliphatic rings. The number of benzene rings is 1.